The lowest BCUT2D eigenvalue weighted by molar-refractivity contribution is -0.141. The summed E-state index contributed by atoms with van der Waals surface area (Å²) < 4.78 is 75.4. The van der Waals surface area contributed by atoms with Gasteiger partial charge in [0.15, 0.2) is 0 Å². The second-order valence-corrected chi connectivity index (χ2v) is 26.4. The van der Waals surface area contributed by atoms with Gasteiger partial charge in [-0.15, -0.1) is 0 Å². The van der Waals surface area contributed by atoms with Crippen LogP contribution in [0.1, 0.15) is 167 Å². The molecule has 4 atom stereocenters. The van der Waals surface area contributed by atoms with Crippen molar-refractivity contribution in [3.05, 3.63) is 202 Å². The van der Waals surface area contributed by atoms with Gasteiger partial charge in [-0.25, -0.2) is 9.59 Å². The summed E-state index contributed by atoms with van der Waals surface area (Å²) in [7, 11) is 0. The molecule has 4 aliphatic heterocycles. The van der Waals surface area contributed by atoms with E-state index in [-0.39, 0.29) is 152 Å². The number of hydrogen-bond donors (Lipinski definition) is 0. The van der Waals surface area contributed by atoms with Gasteiger partial charge in [-0.3, -0.25) is 29.0 Å². The number of benzene rings is 9. The van der Waals surface area contributed by atoms with Gasteiger partial charge >= 0.3 is 11.9 Å². The molecule has 15 rings (SSSR count). The quantitative estimate of drug-likeness (QED) is 0.00951. The molecule has 0 aliphatic carbocycles. The molecule has 2 fully saturated rings. The molecule has 4 amide bonds. The standard InChI is InChI=1S/C84H78N2O18/c1-7-13-47-17-25-51(26-18-47)97-63-41-55-71-56(80(88)85(79(55)87)59(37-39-93-11-5)83(91)103-69-35-33-61(101-69)67-45-95-67)43-65(99-53-29-21-49(15-9-3)22-30-53)75-76-66(100-54-31-23-50(16-10-4)24-32-54)44-58-72-57(42-64(74(78(72)76)73(63)77(71)75)98-52-27-19-48(14-8-2)20-28-52)81(89)86(82(58)90)60(38-40-94-12-6)84(92)104-70-36-34-62(102-70)68-46-96-68/h17-36,41-44,59-60,67-68H,7-16,37-40,45-46H2,1-6H3. The Morgan fingerprint density at radius 1 is 0.385 bits per heavy atom. The average molecular weight is 1400 g/mol. The molecule has 532 valence electrons. The molecule has 20 nitrogen and oxygen atoms in total. The first kappa shape index (κ1) is 68.8. The molecular formula is C84H78N2O18. The fraction of sp³-hybridized carbons (Fsp3) is 0.310. The number of furan rings is 2. The van der Waals surface area contributed by atoms with Gasteiger partial charge in [0.2, 0.25) is 0 Å². The molecule has 4 aliphatic rings. The van der Waals surface area contributed by atoms with Crippen LogP contribution in [0.5, 0.6) is 57.9 Å². The number of nitrogens with zero attached hydrogens (tertiary/aromatic N) is 2. The van der Waals surface area contributed by atoms with Crippen molar-refractivity contribution in [2.24, 2.45) is 0 Å². The van der Waals surface area contributed by atoms with Crippen molar-refractivity contribution in [3.8, 4) is 57.9 Å². The van der Waals surface area contributed by atoms with Crippen LogP contribution in [0, 0.1) is 0 Å². The van der Waals surface area contributed by atoms with Gasteiger partial charge in [0, 0.05) is 94.5 Å². The van der Waals surface area contributed by atoms with Crippen LogP contribution < -0.4 is 28.4 Å². The van der Waals surface area contributed by atoms with Crippen molar-refractivity contribution >= 4 is 78.7 Å². The molecule has 2 aromatic heterocycles. The first-order chi connectivity index (χ1) is 50.8. The van der Waals surface area contributed by atoms with Crippen molar-refractivity contribution < 1.29 is 85.0 Å². The van der Waals surface area contributed by atoms with Crippen molar-refractivity contribution in [1.29, 1.82) is 0 Å². The number of ether oxygens (including phenoxy) is 10. The van der Waals surface area contributed by atoms with Crippen LogP contribution in [0.4, 0.5) is 0 Å². The van der Waals surface area contributed by atoms with E-state index >= 15 is 19.2 Å². The lowest BCUT2D eigenvalue weighted by Crippen LogP contribution is -2.52. The van der Waals surface area contributed by atoms with E-state index in [0.717, 1.165) is 83.4 Å². The highest BCUT2D eigenvalue weighted by molar-refractivity contribution is 6.45. The van der Waals surface area contributed by atoms with Crippen LogP contribution in [0.15, 0.2) is 154 Å². The summed E-state index contributed by atoms with van der Waals surface area (Å²) in [6.07, 6.45) is 5.68. The summed E-state index contributed by atoms with van der Waals surface area (Å²) in [5.74, 6) is -3.15. The zero-order valence-corrected chi connectivity index (χ0v) is 58.7. The summed E-state index contributed by atoms with van der Waals surface area (Å²) in [6, 6.07) is 39.6. The lowest BCUT2D eigenvalue weighted by atomic mass is 9.80. The Kier molecular flexibility index (Phi) is 19.5. The molecule has 9 aromatic carbocycles. The minimum Gasteiger partial charge on any atom is -0.457 e. The van der Waals surface area contributed by atoms with Crippen LogP contribution in [-0.4, -0.2) is 97.1 Å². The number of hydrogen-bond acceptors (Lipinski definition) is 18. The third-order valence-electron chi connectivity index (χ3n) is 19.3. The number of imide groups is 2. The minimum absolute atomic E-state index is 0.0392. The van der Waals surface area contributed by atoms with Crippen LogP contribution in [0.2, 0.25) is 0 Å². The largest absolute Gasteiger partial charge is 0.457 e. The highest BCUT2D eigenvalue weighted by Gasteiger charge is 2.48. The van der Waals surface area contributed by atoms with Gasteiger partial charge in [0.05, 0.1) is 35.5 Å². The van der Waals surface area contributed by atoms with Gasteiger partial charge in [0.25, 0.3) is 35.5 Å². The Hall–Kier alpha value is -10.9. The number of esters is 2. The number of amides is 4. The Balaban J connectivity index is 1.05. The highest BCUT2D eigenvalue weighted by atomic mass is 16.6. The van der Waals surface area contributed by atoms with E-state index in [4.69, 9.17) is 56.2 Å². The molecule has 0 radical (unpaired) electrons. The number of epoxide rings is 2. The van der Waals surface area contributed by atoms with Gasteiger partial charge in [-0.2, -0.15) is 0 Å². The maximum Gasteiger partial charge on any atom is 0.337 e. The normalized spacial score (nSPS) is 15.9. The maximum absolute atomic E-state index is 16.4. The summed E-state index contributed by atoms with van der Waals surface area (Å²) in [5.41, 5.74) is 4.03. The summed E-state index contributed by atoms with van der Waals surface area (Å²) in [5, 5.41) is 1.93. The van der Waals surface area contributed by atoms with E-state index in [1.807, 2.05) is 97.1 Å². The summed E-state index contributed by atoms with van der Waals surface area (Å²) in [4.78, 5) is 97.3. The molecule has 2 saturated heterocycles. The molecule has 11 aromatic rings. The SMILES string of the molecule is CCCc1ccc(Oc2cc3c4c(cc(Oc5ccc(CCC)cc5)c5c6c(Oc7ccc(CCC)cc7)cc7c8c(cc(Oc9ccc(CCC)cc9)c(c2c45)c86)C(=O)N(C(CCOCC)C(=O)Oc2ccc(C4CO4)o2)C7=O)C(=O)N(C(CCOCC)C(=O)Oc2ccc(C4CO4)o2)C3=O)cc1. The predicted molar refractivity (Wildman–Crippen MR) is 387 cm³/mol. The van der Waals surface area contributed by atoms with Crippen LogP contribution in [0.25, 0.3) is 43.1 Å². The monoisotopic (exact) mass is 1400 g/mol. The average Bonchev–Trinajstić information content (AvgIpc) is 0.966. The number of fused-ring (bicyclic) bond motifs is 2. The maximum atomic E-state index is 16.4. The molecule has 0 saturated carbocycles. The van der Waals surface area contributed by atoms with E-state index in [1.165, 1.54) is 12.1 Å². The fourth-order valence-corrected chi connectivity index (χ4v) is 14.3. The van der Waals surface area contributed by atoms with Crippen LogP contribution >= 0.6 is 0 Å². The second-order valence-electron chi connectivity index (χ2n) is 26.4. The van der Waals surface area contributed by atoms with Crippen molar-refractivity contribution in [2.75, 3.05) is 39.6 Å². The van der Waals surface area contributed by atoms with Crippen molar-refractivity contribution in [3.63, 3.8) is 0 Å². The first-order valence-electron chi connectivity index (χ1n) is 36.0. The van der Waals surface area contributed by atoms with E-state index in [0.29, 0.717) is 47.7 Å². The number of carbonyl (C=O) groups excluding carboxylic acids is 6. The van der Waals surface area contributed by atoms with Crippen LogP contribution in [0.3, 0.4) is 0 Å². The fourth-order valence-electron chi connectivity index (χ4n) is 14.3. The lowest BCUT2D eigenvalue weighted by Gasteiger charge is -2.35. The molecule has 4 unspecified atom stereocenters. The van der Waals surface area contributed by atoms with Crippen LogP contribution in [-0.2, 0) is 54.2 Å². The molecular weight excluding hydrogens is 1320 g/mol. The Labute approximate surface area is 599 Å². The summed E-state index contributed by atoms with van der Waals surface area (Å²) >= 11 is 0. The Morgan fingerprint density at radius 2 is 0.663 bits per heavy atom. The highest BCUT2D eigenvalue weighted by Crippen LogP contribution is 2.58. The third kappa shape index (κ3) is 13.4. The van der Waals surface area contributed by atoms with E-state index in [1.54, 1.807) is 50.2 Å². The molecule has 20 heteroatoms. The first-order valence-corrected chi connectivity index (χ1v) is 36.0. The van der Waals surface area contributed by atoms with E-state index in [2.05, 4.69) is 27.7 Å². The van der Waals surface area contributed by atoms with E-state index < -0.39 is 47.7 Å². The third-order valence-corrected chi connectivity index (χ3v) is 19.3. The molecule has 6 heterocycles. The Bertz CT molecular complexity index is 4550. The van der Waals surface area contributed by atoms with Gasteiger partial charge in [-0.05, 0) is 147 Å². The zero-order valence-electron chi connectivity index (χ0n) is 58.7. The second kappa shape index (κ2) is 29.5. The van der Waals surface area contributed by atoms with Gasteiger partial charge in [-0.1, -0.05) is 102 Å². The molecule has 0 N–H and O–H groups in total. The molecule has 104 heavy (non-hydrogen) atoms. The minimum atomic E-state index is -1.59. The smallest absolute Gasteiger partial charge is 0.337 e. The van der Waals surface area contributed by atoms with Gasteiger partial charge in [0.1, 0.15) is 81.8 Å². The van der Waals surface area contributed by atoms with E-state index in [9.17, 15) is 9.59 Å². The van der Waals surface area contributed by atoms with Crippen molar-refractivity contribution in [2.45, 2.75) is 130 Å². The number of carbonyl (C=O) groups is 6. The molecule has 0 bridgehead atoms. The number of rotatable bonds is 32. The number of aryl methyl sites for hydroxylation is 4. The zero-order chi connectivity index (χ0) is 71.9. The predicted octanol–water partition coefficient (Wildman–Crippen LogP) is 18.0. The Morgan fingerprint density at radius 3 is 0.913 bits per heavy atom. The molecule has 0 spiro atoms. The summed E-state index contributed by atoms with van der Waals surface area (Å²) in [6.45, 7) is 13.2. The van der Waals surface area contributed by atoms with Gasteiger partial charge < -0.3 is 56.2 Å². The topological polar surface area (TPSA) is 234 Å². The van der Waals surface area contributed by atoms with Crippen molar-refractivity contribution in [1.82, 2.24) is 9.80 Å².